The van der Waals surface area contributed by atoms with Crippen molar-refractivity contribution in [2.24, 2.45) is 5.92 Å². The van der Waals surface area contributed by atoms with Gasteiger partial charge in [-0.1, -0.05) is 0 Å². The molecule has 18 heavy (non-hydrogen) atoms. The fourth-order valence-electron chi connectivity index (χ4n) is 2.03. The summed E-state index contributed by atoms with van der Waals surface area (Å²) in [7, 11) is 0. The van der Waals surface area contributed by atoms with Crippen LogP contribution in [-0.2, 0) is 28.7 Å². The minimum Gasteiger partial charge on any atom is -0.466 e. The van der Waals surface area contributed by atoms with E-state index < -0.39 is 11.9 Å². The third-order valence-corrected chi connectivity index (χ3v) is 2.92. The number of ether oxygens (including phenoxy) is 1. The van der Waals surface area contributed by atoms with Gasteiger partial charge in [-0.3, -0.25) is 4.79 Å². The second-order valence-electron chi connectivity index (χ2n) is 4.18. The van der Waals surface area contributed by atoms with Crippen molar-refractivity contribution in [1.82, 2.24) is 9.55 Å². The predicted octanol–water partition coefficient (Wildman–Crippen LogP) is 2.03. The molecule has 100 valence electrons. The van der Waals surface area contributed by atoms with Crippen LogP contribution in [0.15, 0.2) is 6.20 Å². The quantitative estimate of drug-likeness (QED) is 0.766. The first-order valence-electron chi connectivity index (χ1n) is 5.71. The fourth-order valence-corrected chi connectivity index (χ4v) is 2.03. The zero-order valence-corrected chi connectivity index (χ0v) is 9.83. The molecule has 0 saturated carbocycles. The number of rotatable bonds is 2. The van der Waals surface area contributed by atoms with Crippen LogP contribution in [0.3, 0.4) is 0 Å². The molecule has 0 fully saturated rings. The van der Waals surface area contributed by atoms with Gasteiger partial charge in [0, 0.05) is 19.2 Å². The molecule has 1 unspecified atom stereocenters. The topological polar surface area (TPSA) is 44.1 Å². The van der Waals surface area contributed by atoms with Crippen LogP contribution in [0, 0.1) is 5.92 Å². The number of halogens is 3. The molecular formula is C11H13F3N2O2. The highest BCUT2D eigenvalue weighted by atomic mass is 19.4. The number of carbonyl (C=O) groups excluding carboxylic acids is 1. The van der Waals surface area contributed by atoms with Gasteiger partial charge in [-0.15, -0.1) is 0 Å². The Morgan fingerprint density at radius 1 is 1.61 bits per heavy atom. The van der Waals surface area contributed by atoms with E-state index in [9.17, 15) is 18.0 Å². The molecule has 2 rings (SSSR count). The van der Waals surface area contributed by atoms with Gasteiger partial charge in [-0.05, 0) is 13.3 Å². The molecule has 0 aliphatic carbocycles. The predicted molar refractivity (Wildman–Crippen MR) is 55.7 cm³/mol. The number of carbonyl (C=O) groups is 1. The lowest BCUT2D eigenvalue weighted by molar-refractivity contribution is -0.148. The second kappa shape index (κ2) is 4.62. The molecule has 0 radical (unpaired) electrons. The van der Waals surface area contributed by atoms with Crippen LogP contribution in [0.2, 0.25) is 0 Å². The van der Waals surface area contributed by atoms with Gasteiger partial charge in [0.25, 0.3) is 0 Å². The summed E-state index contributed by atoms with van der Waals surface area (Å²) in [4.78, 5) is 15.1. The summed E-state index contributed by atoms with van der Waals surface area (Å²) in [6.45, 7) is 2.34. The highest BCUT2D eigenvalue weighted by Crippen LogP contribution is 2.30. The lowest BCUT2D eigenvalue weighted by Gasteiger charge is -2.21. The van der Waals surface area contributed by atoms with Crippen LogP contribution in [0.1, 0.15) is 24.9 Å². The summed E-state index contributed by atoms with van der Waals surface area (Å²) in [5, 5.41) is 0. The Morgan fingerprint density at radius 2 is 2.33 bits per heavy atom. The summed E-state index contributed by atoms with van der Waals surface area (Å²) >= 11 is 0. The Kier molecular flexibility index (Phi) is 3.32. The summed E-state index contributed by atoms with van der Waals surface area (Å²) in [5.41, 5.74) is -0.901. The number of aromatic nitrogens is 2. The van der Waals surface area contributed by atoms with Crippen LogP contribution < -0.4 is 0 Å². The van der Waals surface area contributed by atoms with Gasteiger partial charge in [0.1, 0.15) is 5.82 Å². The average molecular weight is 262 g/mol. The molecule has 0 amide bonds. The third-order valence-electron chi connectivity index (χ3n) is 2.92. The summed E-state index contributed by atoms with van der Waals surface area (Å²) in [6, 6.07) is 0. The lowest BCUT2D eigenvalue weighted by Crippen LogP contribution is -2.27. The van der Waals surface area contributed by atoms with E-state index in [0.29, 0.717) is 18.8 Å². The lowest BCUT2D eigenvalue weighted by atomic mass is 9.98. The highest BCUT2D eigenvalue weighted by molar-refractivity contribution is 5.72. The molecule has 1 atom stereocenters. The normalized spacial score (nSPS) is 19.4. The molecular weight excluding hydrogens is 249 g/mol. The molecule has 1 aromatic rings. The summed E-state index contributed by atoms with van der Waals surface area (Å²) in [6.07, 6.45) is -2.76. The van der Waals surface area contributed by atoms with Crippen LogP contribution in [0.25, 0.3) is 0 Å². The number of esters is 1. The van der Waals surface area contributed by atoms with E-state index in [1.54, 1.807) is 6.92 Å². The molecule has 0 N–H and O–H groups in total. The van der Waals surface area contributed by atoms with E-state index in [4.69, 9.17) is 4.74 Å². The minimum absolute atomic E-state index is 0.203. The van der Waals surface area contributed by atoms with E-state index in [1.165, 1.54) is 4.57 Å². The van der Waals surface area contributed by atoms with Crippen LogP contribution in [0.4, 0.5) is 13.2 Å². The highest BCUT2D eigenvalue weighted by Gasteiger charge is 2.36. The number of hydrogen-bond donors (Lipinski definition) is 0. The third kappa shape index (κ3) is 2.49. The summed E-state index contributed by atoms with van der Waals surface area (Å²) in [5.74, 6) is -0.451. The maximum absolute atomic E-state index is 12.5. The largest absolute Gasteiger partial charge is 0.466 e. The van der Waals surface area contributed by atoms with Crippen molar-refractivity contribution in [1.29, 1.82) is 0 Å². The van der Waals surface area contributed by atoms with Gasteiger partial charge in [0.15, 0.2) is 5.69 Å². The SMILES string of the molecule is CCOC(=O)C1CCn2cc(C(F)(F)F)nc2C1. The minimum atomic E-state index is -4.44. The number of hydrogen-bond acceptors (Lipinski definition) is 3. The first kappa shape index (κ1) is 12.9. The Morgan fingerprint density at radius 3 is 2.94 bits per heavy atom. The van der Waals surface area contributed by atoms with Crippen LogP contribution >= 0.6 is 0 Å². The molecule has 2 heterocycles. The molecule has 1 aliphatic rings. The molecule has 0 saturated heterocycles. The molecule has 0 aromatic carbocycles. The number of alkyl halides is 3. The van der Waals surface area contributed by atoms with Gasteiger partial charge in [-0.2, -0.15) is 13.2 Å². The molecule has 0 bridgehead atoms. The van der Waals surface area contributed by atoms with Crippen molar-refractivity contribution in [3.8, 4) is 0 Å². The van der Waals surface area contributed by atoms with E-state index in [1.807, 2.05) is 0 Å². The molecule has 1 aliphatic heterocycles. The molecule has 7 heteroatoms. The molecule has 4 nitrogen and oxygen atoms in total. The smallest absolute Gasteiger partial charge is 0.434 e. The zero-order valence-electron chi connectivity index (χ0n) is 9.83. The number of fused-ring (bicyclic) bond motifs is 1. The Bertz CT molecular complexity index is 454. The van der Waals surface area contributed by atoms with Gasteiger partial charge in [-0.25, -0.2) is 4.98 Å². The maximum Gasteiger partial charge on any atom is 0.434 e. The number of imidazole rings is 1. The zero-order chi connectivity index (χ0) is 13.3. The Labute approximate surface area is 102 Å². The van der Waals surface area contributed by atoms with Gasteiger partial charge in [0.05, 0.1) is 12.5 Å². The number of nitrogens with zero attached hydrogens (tertiary/aromatic N) is 2. The standard InChI is InChI=1S/C11H13F3N2O2/c1-2-18-10(17)7-3-4-16-6-8(11(12,13)14)15-9(16)5-7/h6-7H,2-5H2,1H3. The van der Waals surface area contributed by atoms with E-state index in [0.717, 1.165) is 6.20 Å². The Hall–Kier alpha value is -1.53. The van der Waals surface area contributed by atoms with Crippen molar-refractivity contribution >= 4 is 5.97 Å². The monoisotopic (exact) mass is 262 g/mol. The molecule has 0 spiro atoms. The van der Waals surface area contributed by atoms with Crippen LogP contribution in [0.5, 0.6) is 0 Å². The first-order valence-corrected chi connectivity index (χ1v) is 5.71. The van der Waals surface area contributed by atoms with Crippen LogP contribution in [-0.4, -0.2) is 22.1 Å². The maximum atomic E-state index is 12.5. The first-order chi connectivity index (χ1) is 8.41. The van der Waals surface area contributed by atoms with Crippen molar-refractivity contribution in [3.05, 3.63) is 17.7 Å². The van der Waals surface area contributed by atoms with Gasteiger partial charge < -0.3 is 9.30 Å². The van der Waals surface area contributed by atoms with Crippen molar-refractivity contribution in [2.45, 2.75) is 32.5 Å². The Balaban J connectivity index is 2.15. The number of aryl methyl sites for hydroxylation is 1. The van der Waals surface area contributed by atoms with E-state index >= 15 is 0 Å². The second-order valence-corrected chi connectivity index (χ2v) is 4.18. The van der Waals surface area contributed by atoms with Crippen molar-refractivity contribution < 1.29 is 22.7 Å². The van der Waals surface area contributed by atoms with Gasteiger partial charge in [0.2, 0.25) is 0 Å². The van der Waals surface area contributed by atoms with E-state index in [2.05, 4.69) is 4.98 Å². The fraction of sp³-hybridized carbons (Fsp3) is 0.636. The van der Waals surface area contributed by atoms with Crippen molar-refractivity contribution in [3.63, 3.8) is 0 Å². The van der Waals surface area contributed by atoms with Gasteiger partial charge >= 0.3 is 12.1 Å². The molecule has 1 aromatic heterocycles. The summed E-state index contributed by atoms with van der Waals surface area (Å²) < 4.78 is 43.8. The van der Waals surface area contributed by atoms with E-state index in [-0.39, 0.29) is 24.9 Å². The van der Waals surface area contributed by atoms with Crippen molar-refractivity contribution in [2.75, 3.05) is 6.61 Å². The average Bonchev–Trinajstić information content (AvgIpc) is 2.71.